The highest BCUT2D eigenvalue weighted by atomic mass is 16.5. The lowest BCUT2D eigenvalue weighted by Gasteiger charge is -2.18. The SMILES string of the molecule is COc1ccc2c(c1)CC/C(=C\c1cccc(OCCCC#N)c1)C2=O. The molecule has 1 aliphatic carbocycles. The second kappa shape index (κ2) is 8.35. The maximum absolute atomic E-state index is 12.8. The number of hydrogen-bond donors (Lipinski definition) is 0. The van der Waals surface area contributed by atoms with Crippen LogP contribution in [0.4, 0.5) is 0 Å². The zero-order valence-corrected chi connectivity index (χ0v) is 14.8. The first-order chi connectivity index (χ1) is 12.7. The van der Waals surface area contributed by atoms with Crippen LogP contribution >= 0.6 is 0 Å². The first-order valence-electron chi connectivity index (χ1n) is 8.73. The predicted molar refractivity (Wildman–Crippen MR) is 100 cm³/mol. The smallest absolute Gasteiger partial charge is 0.189 e. The van der Waals surface area contributed by atoms with E-state index in [0.29, 0.717) is 25.9 Å². The first kappa shape index (κ1) is 17.8. The van der Waals surface area contributed by atoms with Crippen molar-refractivity contribution in [2.24, 2.45) is 0 Å². The lowest BCUT2D eigenvalue weighted by atomic mass is 9.86. The molecule has 4 heteroatoms. The Bertz CT molecular complexity index is 877. The van der Waals surface area contributed by atoms with Gasteiger partial charge in [0, 0.05) is 17.6 Å². The fraction of sp³-hybridized carbons (Fsp3) is 0.273. The van der Waals surface area contributed by atoms with Crippen LogP contribution in [0.25, 0.3) is 6.08 Å². The lowest BCUT2D eigenvalue weighted by molar-refractivity contribution is 0.102. The Balaban J connectivity index is 1.76. The van der Waals surface area contributed by atoms with Gasteiger partial charge in [-0.2, -0.15) is 5.26 Å². The number of carbonyl (C=O) groups excluding carboxylic acids is 1. The third kappa shape index (κ3) is 4.12. The van der Waals surface area contributed by atoms with Gasteiger partial charge in [0.2, 0.25) is 0 Å². The summed E-state index contributed by atoms with van der Waals surface area (Å²) in [6, 6.07) is 15.4. The standard InChI is InChI=1S/C22H21NO3/c1-25-19-9-10-21-17(15-19)7-8-18(22(21)24)13-16-5-4-6-20(14-16)26-12-3-2-11-23/h4-6,9-10,13-15H,2-3,7-8,12H2,1H3/b18-13+. The van der Waals surface area contributed by atoms with E-state index in [9.17, 15) is 4.79 Å². The Kier molecular flexibility index (Phi) is 5.70. The third-order valence-electron chi connectivity index (χ3n) is 4.41. The number of nitriles is 1. The monoisotopic (exact) mass is 347 g/mol. The van der Waals surface area contributed by atoms with Gasteiger partial charge in [-0.25, -0.2) is 0 Å². The molecule has 0 bridgehead atoms. The Hall–Kier alpha value is -3.06. The first-order valence-corrected chi connectivity index (χ1v) is 8.73. The minimum atomic E-state index is 0.0780. The van der Waals surface area contributed by atoms with E-state index < -0.39 is 0 Å². The summed E-state index contributed by atoms with van der Waals surface area (Å²) in [5.41, 5.74) is 3.56. The molecule has 4 nitrogen and oxygen atoms in total. The van der Waals surface area contributed by atoms with E-state index in [2.05, 4.69) is 6.07 Å². The number of ether oxygens (including phenoxy) is 2. The normalized spacial score (nSPS) is 14.6. The molecule has 0 spiro atoms. The average Bonchev–Trinajstić information content (AvgIpc) is 2.67. The van der Waals surface area contributed by atoms with E-state index in [1.54, 1.807) is 7.11 Å². The van der Waals surface area contributed by atoms with Crippen molar-refractivity contribution in [1.82, 2.24) is 0 Å². The van der Waals surface area contributed by atoms with Crippen molar-refractivity contribution in [1.29, 1.82) is 5.26 Å². The molecule has 0 saturated carbocycles. The molecule has 2 aromatic rings. The molecule has 0 unspecified atom stereocenters. The molecule has 3 rings (SSSR count). The maximum Gasteiger partial charge on any atom is 0.189 e. The van der Waals surface area contributed by atoms with E-state index in [-0.39, 0.29) is 5.78 Å². The maximum atomic E-state index is 12.8. The second-order valence-corrected chi connectivity index (χ2v) is 6.20. The lowest BCUT2D eigenvalue weighted by Crippen LogP contribution is -2.14. The van der Waals surface area contributed by atoms with Crippen molar-refractivity contribution in [3.8, 4) is 17.6 Å². The topological polar surface area (TPSA) is 59.3 Å². The zero-order chi connectivity index (χ0) is 18.4. The van der Waals surface area contributed by atoms with E-state index in [1.807, 2.05) is 48.5 Å². The van der Waals surface area contributed by atoms with Gasteiger partial charge >= 0.3 is 0 Å². The second-order valence-electron chi connectivity index (χ2n) is 6.20. The summed E-state index contributed by atoms with van der Waals surface area (Å²) < 4.78 is 10.9. The summed E-state index contributed by atoms with van der Waals surface area (Å²) in [4.78, 5) is 12.8. The number of allylic oxidation sites excluding steroid dienone is 1. The van der Waals surface area contributed by atoms with Crippen molar-refractivity contribution in [2.75, 3.05) is 13.7 Å². The molecule has 1 aliphatic rings. The van der Waals surface area contributed by atoms with Crippen molar-refractivity contribution in [3.05, 3.63) is 64.7 Å². The number of rotatable bonds is 6. The van der Waals surface area contributed by atoms with Crippen LogP contribution in [0.15, 0.2) is 48.0 Å². The molecular formula is C22H21NO3. The van der Waals surface area contributed by atoms with E-state index >= 15 is 0 Å². The molecule has 0 amide bonds. The Labute approximate surface area is 153 Å². The molecule has 0 saturated heterocycles. The van der Waals surface area contributed by atoms with Gasteiger partial charge < -0.3 is 9.47 Å². The minimum Gasteiger partial charge on any atom is -0.497 e. The van der Waals surface area contributed by atoms with Crippen molar-refractivity contribution >= 4 is 11.9 Å². The summed E-state index contributed by atoms with van der Waals surface area (Å²) in [7, 11) is 1.63. The predicted octanol–water partition coefficient (Wildman–Crippen LogP) is 4.59. The van der Waals surface area contributed by atoms with E-state index in [0.717, 1.165) is 40.2 Å². The number of Topliss-reactive ketones (excluding diaryl/α,β-unsaturated/α-hetero) is 1. The molecule has 0 aromatic heterocycles. The Morgan fingerprint density at radius 2 is 2.04 bits per heavy atom. The molecule has 0 aliphatic heterocycles. The quantitative estimate of drug-likeness (QED) is 0.566. The number of carbonyl (C=O) groups is 1. The average molecular weight is 347 g/mol. The number of fused-ring (bicyclic) bond motifs is 1. The van der Waals surface area contributed by atoms with Gasteiger partial charge in [0.15, 0.2) is 5.78 Å². The molecule has 0 atom stereocenters. The zero-order valence-electron chi connectivity index (χ0n) is 14.8. The highest BCUT2D eigenvalue weighted by Crippen LogP contribution is 2.29. The van der Waals surface area contributed by atoms with Gasteiger partial charge in [-0.05, 0) is 66.8 Å². The van der Waals surface area contributed by atoms with Gasteiger partial charge in [-0.3, -0.25) is 4.79 Å². The van der Waals surface area contributed by atoms with Gasteiger partial charge in [0.25, 0.3) is 0 Å². The fourth-order valence-electron chi connectivity index (χ4n) is 3.06. The summed E-state index contributed by atoms with van der Waals surface area (Å²) >= 11 is 0. The summed E-state index contributed by atoms with van der Waals surface area (Å²) in [5.74, 6) is 1.62. The third-order valence-corrected chi connectivity index (χ3v) is 4.41. The fourth-order valence-corrected chi connectivity index (χ4v) is 3.06. The summed E-state index contributed by atoms with van der Waals surface area (Å²) in [5, 5.41) is 8.56. The van der Waals surface area contributed by atoms with E-state index in [4.69, 9.17) is 14.7 Å². The van der Waals surface area contributed by atoms with Gasteiger partial charge in [-0.15, -0.1) is 0 Å². The van der Waals surface area contributed by atoms with Crippen LogP contribution in [-0.2, 0) is 6.42 Å². The number of methoxy groups -OCH3 is 1. The van der Waals surface area contributed by atoms with Crippen LogP contribution in [0.3, 0.4) is 0 Å². The minimum absolute atomic E-state index is 0.0780. The highest BCUT2D eigenvalue weighted by Gasteiger charge is 2.22. The molecule has 0 radical (unpaired) electrons. The molecule has 0 N–H and O–H groups in total. The number of hydrogen-bond acceptors (Lipinski definition) is 4. The Morgan fingerprint density at radius 1 is 1.15 bits per heavy atom. The van der Waals surface area contributed by atoms with Gasteiger partial charge in [0.1, 0.15) is 11.5 Å². The van der Waals surface area contributed by atoms with Crippen molar-refractivity contribution in [2.45, 2.75) is 25.7 Å². The van der Waals surface area contributed by atoms with Crippen LogP contribution < -0.4 is 9.47 Å². The number of nitrogens with zero attached hydrogens (tertiary/aromatic N) is 1. The van der Waals surface area contributed by atoms with Gasteiger partial charge in [0.05, 0.1) is 19.8 Å². The summed E-state index contributed by atoms with van der Waals surface area (Å²) in [6.07, 6.45) is 4.68. The highest BCUT2D eigenvalue weighted by molar-refractivity contribution is 6.13. The summed E-state index contributed by atoms with van der Waals surface area (Å²) in [6.45, 7) is 0.516. The van der Waals surface area contributed by atoms with Crippen LogP contribution in [0.2, 0.25) is 0 Å². The molecule has 132 valence electrons. The Morgan fingerprint density at radius 3 is 2.85 bits per heavy atom. The molecule has 0 fully saturated rings. The molecule has 26 heavy (non-hydrogen) atoms. The van der Waals surface area contributed by atoms with Crippen molar-refractivity contribution in [3.63, 3.8) is 0 Å². The number of unbranched alkanes of at least 4 members (excludes halogenated alkanes) is 1. The number of aryl methyl sites for hydroxylation is 1. The van der Waals surface area contributed by atoms with Gasteiger partial charge in [-0.1, -0.05) is 12.1 Å². The molecule has 0 heterocycles. The van der Waals surface area contributed by atoms with Crippen LogP contribution in [0.1, 0.15) is 40.7 Å². The van der Waals surface area contributed by atoms with Crippen LogP contribution in [0, 0.1) is 11.3 Å². The number of ketones is 1. The van der Waals surface area contributed by atoms with Crippen LogP contribution in [0.5, 0.6) is 11.5 Å². The van der Waals surface area contributed by atoms with Crippen molar-refractivity contribution < 1.29 is 14.3 Å². The van der Waals surface area contributed by atoms with Crippen LogP contribution in [-0.4, -0.2) is 19.5 Å². The van der Waals surface area contributed by atoms with E-state index in [1.165, 1.54) is 0 Å². The molecule has 2 aromatic carbocycles. The molecular weight excluding hydrogens is 326 g/mol. The number of benzene rings is 2. The largest absolute Gasteiger partial charge is 0.497 e.